The Morgan fingerprint density at radius 2 is 1.95 bits per heavy atom. The van der Waals surface area contributed by atoms with E-state index in [1.807, 2.05) is 30.3 Å². The van der Waals surface area contributed by atoms with E-state index in [4.69, 9.17) is 16.3 Å². The number of nitrogens with one attached hydrogen (secondary N) is 1. The van der Waals surface area contributed by atoms with Crippen molar-refractivity contribution in [1.29, 1.82) is 0 Å². The van der Waals surface area contributed by atoms with E-state index in [0.717, 1.165) is 5.75 Å². The number of carbonyl (C=O) groups excluding carboxylic acids is 1. The van der Waals surface area contributed by atoms with E-state index in [1.165, 1.54) is 18.2 Å². The molecule has 0 heterocycles. The molecule has 0 aliphatic carbocycles. The van der Waals surface area contributed by atoms with Gasteiger partial charge in [-0.1, -0.05) is 29.8 Å². The third-order valence-electron chi connectivity index (χ3n) is 2.81. The van der Waals surface area contributed by atoms with Crippen molar-refractivity contribution >= 4 is 17.5 Å². The van der Waals surface area contributed by atoms with E-state index in [1.54, 1.807) is 0 Å². The van der Waals surface area contributed by atoms with Crippen LogP contribution in [0.4, 0.5) is 0 Å². The van der Waals surface area contributed by atoms with Gasteiger partial charge in [0, 0.05) is 6.54 Å². The van der Waals surface area contributed by atoms with Gasteiger partial charge >= 0.3 is 0 Å². The van der Waals surface area contributed by atoms with Crippen LogP contribution in [0.1, 0.15) is 16.8 Å². The molecule has 2 aromatic carbocycles. The second-order valence-electron chi connectivity index (χ2n) is 4.44. The Morgan fingerprint density at radius 3 is 2.71 bits per heavy atom. The Labute approximate surface area is 128 Å². The number of phenolic OH excluding ortho intramolecular Hbond substituents is 1. The van der Waals surface area contributed by atoms with Crippen molar-refractivity contribution in [2.45, 2.75) is 6.42 Å². The molecule has 0 unspecified atom stereocenters. The fraction of sp³-hybridized carbons (Fsp3) is 0.188. The van der Waals surface area contributed by atoms with Crippen LogP contribution in [0.3, 0.4) is 0 Å². The summed E-state index contributed by atoms with van der Waals surface area (Å²) >= 11 is 5.91. The first kappa shape index (κ1) is 15.2. The zero-order valence-electron chi connectivity index (χ0n) is 11.4. The molecule has 0 saturated carbocycles. The molecule has 2 rings (SSSR count). The number of para-hydroxylation sites is 1. The molecule has 0 radical (unpaired) electrons. The van der Waals surface area contributed by atoms with Crippen LogP contribution in [0.5, 0.6) is 11.5 Å². The van der Waals surface area contributed by atoms with E-state index in [9.17, 15) is 9.90 Å². The van der Waals surface area contributed by atoms with Crippen LogP contribution in [0.25, 0.3) is 0 Å². The predicted molar refractivity (Wildman–Crippen MR) is 82.0 cm³/mol. The highest BCUT2D eigenvalue weighted by Crippen LogP contribution is 2.20. The number of carbonyl (C=O) groups is 1. The maximum Gasteiger partial charge on any atom is 0.252 e. The highest BCUT2D eigenvalue weighted by Gasteiger charge is 2.10. The summed E-state index contributed by atoms with van der Waals surface area (Å²) in [5, 5.41) is 12.4. The molecule has 0 aromatic heterocycles. The molecule has 0 aliphatic rings. The van der Waals surface area contributed by atoms with Crippen LogP contribution in [0.2, 0.25) is 5.02 Å². The van der Waals surface area contributed by atoms with Gasteiger partial charge in [-0.2, -0.15) is 0 Å². The summed E-state index contributed by atoms with van der Waals surface area (Å²) < 4.78 is 5.52. The average molecular weight is 306 g/mol. The number of hydrogen-bond acceptors (Lipinski definition) is 3. The maximum absolute atomic E-state index is 11.9. The third-order valence-corrected chi connectivity index (χ3v) is 3.14. The van der Waals surface area contributed by atoms with Crippen molar-refractivity contribution in [3.8, 4) is 11.5 Å². The number of halogens is 1. The van der Waals surface area contributed by atoms with Crippen LogP contribution >= 0.6 is 11.6 Å². The van der Waals surface area contributed by atoms with Crippen LogP contribution < -0.4 is 10.1 Å². The Kier molecular flexibility index (Phi) is 5.46. The topological polar surface area (TPSA) is 58.6 Å². The number of amides is 1. The molecule has 5 heteroatoms. The molecule has 0 fully saturated rings. The minimum absolute atomic E-state index is 0.0111. The molecule has 2 aromatic rings. The van der Waals surface area contributed by atoms with E-state index >= 15 is 0 Å². The molecule has 0 spiro atoms. The van der Waals surface area contributed by atoms with Gasteiger partial charge in [-0.15, -0.1) is 0 Å². The molecule has 0 aliphatic heterocycles. The molecular weight excluding hydrogens is 290 g/mol. The molecule has 110 valence electrons. The lowest BCUT2D eigenvalue weighted by Gasteiger charge is -2.08. The van der Waals surface area contributed by atoms with Gasteiger partial charge in [0.1, 0.15) is 11.5 Å². The van der Waals surface area contributed by atoms with Crippen molar-refractivity contribution in [3.05, 3.63) is 59.1 Å². The number of hydrogen-bond donors (Lipinski definition) is 2. The lowest BCUT2D eigenvalue weighted by atomic mass is 10.2. The minimum atomic E-state index is -0.310. The average Bonchev–Trinajstić information content (AvgIpc) is 2.50. The number of phenols is 1. The van der Waals surface area contributed by atoms with Crippen LogP contribution in [-0.4, -0.2) is 24.2 Å². The summed E-state index contributed by atoms with van der Waals surface area (Å²) in [5.41, 5.74) is 0.264. The van der Waals surface area contributed by atoms with Gasteiger partial charge in [-0.3, -0.25) is 4.79 Å². The first-order valence-electron chi connectivity index (χ1n) is 6.61. The van der Waals surface area contributed by atoms with E-state index in [-0.39, 0.29) is 17.2 Å². The summed E-state index contributed by atoms with van der Waals surface area (Å²) in [6.45, 7) is 0.982. The Hall–Kier alpha value is -2.20. The first-order valence-corrected chi connectivity index (χ1v) is 6.99. The molecule has 0 saturated heterocycles. The highest BCUT2D eigenvalue weighted by atomic mass is 35.5. The number of rotatable bonds is 6. The molecule has 4 nitrogen and oxygen atoms in total. The van der Waals surface area contributed by atoms with E-state index < -0.39 is 0 Å². The van der Waals surface area contributed by atoms with Gasteiger partial charge in [0.15, 0.2) is 0 Å². The Balaban J connectivity index is 1.73. The summed E-state index contributed by atoms with van der Waals surface area (Å²) in [5.74, 6) is 0.507. The largest absolute Gasteiger partial charge is 0.508 e. The maximum atomic E-state index is 11.9. The van der Waals surface area contributed by atoms with Gasteiger partial charge in [0.05, 0.1) is 17.2 Å². The Bertz CT molecular complexity index is 602. The molecule has 1 amide bonds. The fourth-order valence-electron chi connectivity index (χ4n) is 1.76. The second-order valence-corrected chi connectivity index (χ2v) is 4.84. The van der Waals surface area contributed by atoms with Gasteiger partial charge in [0.25, 0.3) is 5.91 Å². The van der Waals surface area contributed by atoms with Crippen molar-refractivity contribution < 1.29 is 14.6 Å². The van der Waals surface area contributed by atoms with Crippen LogP contribution in [-0.2, 0) is 0 Å². The van der Waals surface area contributed by atoms with Crippen molar-refractivity contribution in [3.63, 3.8) is 0 Å². The van der Waals surface area contributed by atoms with Gasteiger partial charge in [0.2, 0.25) is 0 Å². The van der Waals surface area contributed by atoms with Gasteiger partial charge in [-0.25, -0.2) is 0 Å². The summed E-state index contributed by atoms with van der Waals surface area (Å²) in [6.07, 6.45) is 0.678. The number of ether oxygens (including phenoxy) is 1. The van der Waals surface area contributed by atoms with Crippen molar-refractivity contribution in [2.24, 2.45) is 0 Å². The van der Waals surface area contributed by atoms with Crippen molar-refractivity contribution in [2.75, 3.05) is 13.2 Å². The molecular formula is C16H16ClNO3. The van der Waals surface area contributed by atoms with E-state index in [0.29, 0.717) is 24.6 Å². The molecule has 0 atom stereocenters. The SMILES string of the molecule is O=C(NCCCOc1ccccc1)c1cc(O)ccc1Cl. The quantitative estimate of drug-likeness (QED) is 0.806. The summed E-state index contributed by atoms with van der Waals surface area (Å²) in [6, 6.07) is 13.8. The van der Waals surface area contributed by atoms with Crippen LogP contribution in [0.15, 0.2) is 48.5 Å². The van der Waals surface area contributed by atoms with Crippen molar-refractivity contribution in [1.82, 2.24) is 5.32 Å². The Morgan fingerprint density at radius 1 is 1.19 bits per heavy atom. The normalized spacial score (nSPS) is 10.1. The zero-order chi connectivity index (χ0) is 15.1. The third kappa shape index (κ3) is 4.68. The number of benzene rings is 2. The number of aromatic hydroxyl groups is 1. The van der Waals surface area contributed by atoms with Crippen LogP contribution in [0, 0.1) is 0 Å². The monoisotopic (exact) mass is 305 g/mol. The molecule has 21 heavy (non-hydrogen) atoms. The molecule has 2 N–H and O–H groups in total. The highest BCUT2D eigenvalue weighted by molar-refractivity contribution is 6.33. The second kappa shape index (κ2) is 7.55. The van der Waals surface area contributed by atoms with E-state index in [2.05, 4.69) is 5.32 Å². The first-order chi connectivity index (χ1) is 10.2. The summed E-state index contributed by atoms with van der Waals surface area (Å²) in [7, 11) is 0. The lowest BCUT2D eigenvalue weighted by molar-refractivity contribution is 0.0951. The lowest BCUT2D eigenvalue weighted by Crippen LogP contribution is -2.25. The minimum Gasteiger partial charge on any atom is -0.508 e. The summed E-state index contributed by atoms with van der Waals surface area (Å²) in [4.78, 5) is 11.9. The fourth-order valence-corrected chi connectivity index (χ4v) is 1.97. The smallest absolute Gasteiger partial charge is 0.252 e. The zero-order valence-corrected chi connectivity index (χ0v) is 12.1. The predicted octanol–water partition coefficient (Wildman–Crippen LogP) is 3.24. The van der Waals surface area contributed by atoms with Gasteiger partial charge < -0.3 is 15.2 Å². The van der Waals surface area contributed by atoms with Gasteiger partial charge in [-0.05, 0) is 36.8 Å². The standard InChI is InChI=1S/C16H16ClNO3/c17-15-8-7-12(19)11-14(15)16(20)18-9-4-10-21-13-5-2-1-3-6-13/h1-3,5-8,11,19H,4,9-10H2,(H,18,20). The molecule has 0 bridgehead atoms.